The molecule has 0 amide bonds. The Morgan fingerprint density at radius 3 is 2.47 bits per heavy atom. The molecule has 168 valence electrons. The molecule has 2 aromatic carbocycles. The van der Waals surface area contributed by atoms with Crippen molar-refractivity contribution in [1.82, 2.24) is 9.97 Å². The van der Waals surface area contributed by atoms with Gasteiger partial charge in [-0.25, -0.2) is 17.8 Å². The molecule has 1 aromatic heterocycles. The van der Waals surface area contributed by atoms with E-state index in [9.17, 15) is 12.8 Å². The zero-order chi connectivity index (χ0) is 22.6. The lowest BCUT2D eigenvalue weighted by Crippen LogP contribution is -2.36. The van der Waals surface area contributed by atoms with Gasteiger partial charge in [0, 0.05) is 36.2 Å². The number of sulfonamides is 1. The van der Waals surface area contributed by atoms with Crippen molar-refractivity contribution in [2.75, 3.05) is 41.2 Å². The van der Waals surface area contributed by atoms with Gasteiger partial charge in [0.2, 0.25) is 16.0 Å². The molecule has 32 heavy (non-hydrogen) atoms. The van der Waals surface area contributed by atoms with Crippen LogP contribution in [0.3, 0.4) is 0 Å². The smallest absolute Gasteiger partial charge is 0.236 e. The first-order chi connectivity index (χ1) is 15.4. The Kier molecular flexibility index (Phi) is 6.52. The summed E-state index contributed by atoms with van der Waals surface area (Å²) >= 11 is 0. The average molecular weight is 458 g/mol. The maximum atomic E-state index is 13.3. The van der Waals surface area contributed by atoms with Crippen LogP contribution >= 0.6 is 0 Å². The number of nitrogens with zero attached hydrogens (tertiary/aromatic N) is 3. The maximum absolute atomic E-state index is 13.3. The minimum Gasteiger partial charge on any atom is -0.378 e. The highest BCUT2D eigenvalue weighted by atomic mass is 32.2. The standard InChI is InChI=1S/C22H24FN5O3S/c1-16-13-21(28-9-11-31-12-10-28)26-22(24-16)25-19-5-7-20(8-6-19)27-32(29,30)15-17-3-2-4-18(23)14-17/h2-8,13-14,27H,9-12,15H2,1H3,(H,24,25,26). The van der Waals surface area contributed by atoms with Crippen LogP contribution < -0.4 is 14.9 Å². The molecule has 0 spiro atoms. The van der Waals surface area contributed by atoms with Crippen LogP contribution in [-0.4, -0.2) is 44.7 Å². The van der Waals surface area contributed by atoms with Crippen molar-refractivity contribution >= 4 is 33.2 Å². The summed E-state index contributed by atoms with van der Waals surface area (Å²) < 4.78 is 46.0. The largest absolute Gasteiger partial charge is 0.378 e. The Bertz CT molecular complexity index is 1180. The molecule has 0 unspecified atom stereocenters. The van der Waals surface area contributed by atoms with E-state index in [1.807, 2.05) is 13.0 Å². The van der Waals surface area contributed by atoms with Gasteiger partial charge >= 0.3 is 0 Å². The first kappa shape index (κ1) is 22.0. The van der Waals surface area contributed by atoms with Crippen LogP contribution in [0.25, 0.3) is 0 Å². The number of aromatic nitrogens is 2. The van der Waals surface area contributed by atoms with Crippen molar-refractivity contribution in [1.29, 1.82) is 0 Å². The third-order valence-electron chi connectivity index (χ3n) is 4.84. The first-order valence-electron chi connectivity index (χ1n) is 10.2. The average Bonchev–Trinajstić information content (AvgIpc) is 2.75. The predicted molar refractivity (Wildman–Crippen MR) is 122 cm³/mol. The van der Waals surface area contributed by atoms with Crippen LogP contribution in [0, 0.1) is 12.7 Å². The maximum Gasteiger partial charge on any atom is 0.236 e. The minimum atomic E-state index is -3.68. The summed E-state index contributed by atoms with van der Waals surface area (Å²) in [5.41, 5.74) is 2.34. The number of hydrogen-bond donors (Lipinski definition) is 2. The summed E-state index contributed by atoms with van der Waals surface area (Å²) in [6.45, 7) is 4.80. The molecule has 1 fully saturated rings. The second-order valence-electron chi connectivity index (χ2n) is 7.48. The fraction of sp³-hybridized carbons (Fsp3) is 0.273. The topological polar surface area (TPSA) is 96.5 Å². The molecule has 0 atom stereocenters. The predicted octanol–water partition coefficient (Wildman–Crippen LogP) is 3.45. The summed E-state index contributed by atoms with van der Waals surface area (Å²) in [6, 6.07) is 14.2. The quantitative estimate of drug-likeness (QED) is 0.561. The Morgan fingerprint density at radius 1 is 1.03 bits per heavy atom. The highest BCUT2D eigenvalue weighted by molar-refractivity contribution is 7.91. The molecular weight excluding hydrogens is 433 g/mol. The van der Waals surface area contributed by atoms with E-state index in [2.05, 4.69) is 24.9 Å². The molecule has 3 aromatic rings. The third kappa shape index (κ3) is 5.92. The van der Waals surface area contributed by atoms with Gasteiger partial charge in [0.25, 0.3) is 0 Å². The van der Waals surface area contributed by atoms with Crippen LogP contribution in [0.1, 0.15) is 11.3 Å². The number of hydrogen-bond acceptors (Lipinski definition) is 7. The number of anilines is 4. The number of morpholine rings is 1. The van der Waals surface area contributed by atoms with Crippen LogP contribution in [0.2, 0.25) is 0 Å². The van der Waals surface area contributed by atoms with E-state index < -0.39 is 15.8 Å². The van der Waals surface area contributed by atoms with Crippen molar-refractivity contribution in [2.45, 2.75) is 12.7 Å². The van der Waals surface area contributed by atoms with Crippen LogP contribution in [0.15, 0.2) is 54.6 Å². The molecule has 2 N–H and O–H groups in total. The highest BCUT2D eigenvalue weighted by Crippen LogP contribution is 2.21. The van der Waals surface area contributed by atoms with E-state index in [1.54, 1.807) is 30.3 Å². The zero-order valence-electron chi connectivity index (χ0n) is 17.6. The van der Waals surface area contributed by atoms with Gasteiger partial charge in [-0.05, 0) is 48.9 Å². The Balaban J connectivity index is 1.42. The fourth-order valence-electron chi connectivity index (χ4n) is 3.37. The van der Waals surface area contributed by atoms with Gasteiger partial charge in [-0.3, -0.25) is 4.72 Å². The van der Waals surface area contributed by atoms with Gasteiger partial charge < -0.3 is 15.0 Å². The van der Waals surface area contributed by atoms with Crippen molar-refractivity contribution in [3.8, 4) is 0 Å². The molecule has 8 nitrogen and oxygen atoms in total. The van der Waals surface area contributed by atoms with Gasteiger partial charge in [-0.1, -0.05) is 12.1 Å². The lowest BCUT2D eigenvalue weighted by Gasteiger charge is -2.28. The summed E-state index contributed by atoms with van der Waals surface area (Å²) in [5, 5.41) is 3.16. The zero-order valence-corrected chi connectivity index (χ0v) is 18.4. The van der Waals surface area contributed by atoms with Crippen molar-refractivity contribution in [3.05, 3.63) is 71.7 Å². The molecular formula is C22H24FN5O3S. The third-order valence-corrected chi connectivity index (χ3v) is 6.10. The van der Waals surface area contributed by atoms with Gasteiger partial charge in [0.05, 0.1) is 19.0 Å². The second-order valence-corrected chi connectivity index (χ2v) is 9.21. The lowest BCUT2D eigenvalue weighted by atomic mass is 10.2. The van der Waals surface area contributed by atoms with Gasteiger partial charge in [0.15, 0.2) is 0 Å². The van der Waals surface area contributed by atoms with Crippen LogP contribution in [0.5, 0.6) is 0 Å². The number of aryl methyl sites for hydroxylation is 1. The number of ether oxygens (including phenoxy) is 1. The highest BCUT2D eigenvalue weighted by Gasteiger charge is 2.15. The number of rotatable bonds is 7. The van der Waals surface area contributed by atoms with Gasteiger partial charge in [-0.15, -0.1) is 0 Å². The fourth-order valence-corrected chi connectivity index (χ4v) is 4.56. The Hall–Kier alpha value is -3.24. The monoisotopic (exact) mass is 457 g/mol. The molecule has 0 aliphatic carbocycles. The van der Waals surface area contributed by atoms with Crippen molar-refractivity contribution in [2.24, 2.45) is 0 Å². The molecule has 1 saturated heterocycles. The van der Waals surface area contributed by atoms with Crippen molar-refractivity contribution in [3.63, 3.8) is 0 Å². The second kappa shape index (κ2) is 9.49. The van der Waals surface area contributed by atoms with E-state index in [4.69, 9.17) is 4.74 Å². The lowest BCUT2D eigenvalue weighted by molar-refractivity contribution is 0.122. The molecule has 1 aliphatic rings. The summed E-state index contributed by atoms with van der Waals surface area (Å²) in [5.74, 6) is 0.519. The molecule has 4 rings (SSSR count). The molecule has 2 heterocycles. The SMILES string of the molecule is Cc1cc(N2CCOCC2)nc(Nc2ccc(NS(=O)(=O)Cc3cccc(F)c3)cc2)n1. The number of benzene rings is 2. The molecule has 10 heteroatoms. The van der Waals surface area contributed by atoms with Crippen LogP contribution in [-0.2, 0) is 20.5 Å². The molecule has 0 bridgehead atoms. The number of halogens is 1. The van der Waals surface area contributed by atoms with Crippen molar-refractivity contribution < 1.29 is 17.5 Å². The van der Waals surface area contributed by atoms with E-state index in [0.29, 0.717) is 30.4 Å². The Labute approximate surface area is 186 Å². The number of nitrogens with one attached hydrogen (secondary N) is 2. The van der Waals surface area contributed by atoms with Gasteiger partial charge in [0.1, 0.15) is 11.6 Å². The van der Waals surface area contributed by atoms with E-state index in [0.717, 1.165) is 30.3 Å². The normalized spacial score (nSPS) is 14.2. The Morgan fingerprint density at radius 2 is 1.75 bits per heavy atom. The first-order valence-corrected chi connectivity index (χ1v) is 11.8. The van der Waals surface area contributed by atoms with E-state index in [-0.39, 0.29) is 5.75 Å². The summed E-state index contributed by atoms with van der Waals surface area (Å²) in [4.78, 5) is 11.2. The van der Waals surface area contributed by atoms with E-state index in [1.165, 1.54) is 18.2 Å². The summed E-state index contributed by atoms with van der Waals surface area (Å²) in [6.07, 6.45) is 0. The molecule has 1 aliphatic heterocycles. The molecule has 0 radical (unpaired) electrons. The van der Waals surface area contributed by atoms with Crippen LogP contribution in [0.4, 0.5) is 27.5 Å². The molecule has 0 saturated carbocycles. The van der Waals surface area contributed by atoms with Gasteiger partial charge in [-0.2, -0.15) is 4.98 Å². The van der Waals surface area contributed by atoms with E-state index >= 15 is 0 Å². The summed E-state index contributed by atoms with van der Waals surface area (Å²) in [7, 11) is -3.68. The minimum absolute atomic E-state index is 0.313.